The Kier molecular flexibility index (Phi) is 3.99. The van der Waals surface area contributed by atoms with Crippen LogP contribution in [0, 0.1) is 24.4 Å². The summed E-state index contributed by atoms with van der Waals surface area (Å²) < 4.78 is 45.2. The van der Waals surface area contributed by atoms with Crippen LogP contribution >= 0.6 is 0 Å². The van der Waals surface area contributed by atoms with Crippen LogP contribution in [-0.4, -0.2) is 5.11 Å². The fraction of sp³-hybridized carbons (Fsp3) is 0.200. The van der Waals surface area contributed by atoms with Crippen molar-refractivity contribution in [3.8, 4) is 11.5 Å². The second-order valence-electron chi connectivity index (χ2n) is 4.49. The quantitative estimate of drug-likeness (QED) is 0.911. The van der Waals surface area contributed by atoms with Crippen LogP contribution in [0.5, 0.6) is 11.5 Å². The SMILES string of the molecule is Cc1cc(Oc2ccc(F)cc2F)c(C(C)O)cc1F. The molecule has 2 nitrogen and oxygen atoms in total. The summed E-state index contributed by atoms with van der Waals surface area (Å²) in [6.07, 6.45) is -0.983. The fourth-order valence-electron chi connectivity index (χ4n) is 1.76. The summed E-state index contributed by atoms with van der Waals surface area (Å²) in [5.41, 5.74) is 0.490. The summed E-state index contributed by atoms with van der Waals surface area (Å²) in [6.45, 7) is 2.97. The minimum absolute atomic E-state index is 0.129. The number of aliphatic hydroxyl groups is 1. The van der Waals surface area contributed by atoms with Gasteiger partial charge in [-0.2, -0.15) is 0 Å². The molecule has 0 radical (unpaired) electrons. The maximum absolute atomic E-state index is 13.5. The molecule has 0 heterocycles. The molecule has 106 valence electrons. The predicted octanol–water partition coefficient (Wildman–Crippen LogP) is 4.26. The molecule has 5 heteroatoms. The Labute approximate surface area is 114 Å². The van der Waals surface area contributed by atoms with Crippen molar-refractivity contribution < 1.29 is 23.0 Å². The highest BCUT2D eigenvalue weighted by atomic mass is 19.1. The van der Waals surface area contributed by atoms with E-state index in [0.717, 1.165) is 18.2 Å². The van der Waals surface area contributed by atoms with Crippen LogP contribution in [0.4, 0.5) is 13.2 Å². The molecule has 0 saturated carbocycles. The van der Waals surface area contributed by atoms with Gasteiger partial charge in [-0.25, -0.2) is 13.2 Å². The summed E-state index contributed by atoms with van der Waals surface area (Å²) in [4.78, 5) is 0. The predicted molar refractivity (Wildman–Crippen MR) is 68.2 cm³/mol. The van der Waals surface area contributed by atoms with E-state index in [9.17, 15) is 18.3 Å². The molecule has 2 aromatic carbocycles. The lowest BCUT2D eigenvalue weighted by molar-refractivity contribution is 0.195. The first-order chi connectivity index (χ1) is 9.38. The lowest BCUT2D eigenvalue weighted by Gasteiger charge is -2.15. The molecule has 0 spiro atoms. The molecule has 0 aromatic heterocycles. The van der Waals surface area contributed by atoms with Crippen LogP contribution in [0.25, 0.3) is 0 Å². The molecule has 0 saturated heterocycles. The van der Waals surface area contributed by atoms with Gasteiger partial charge in [0.05, 0.1) is 6.10 Å². The van der Waals surface area contributed by atoms with Crippen LogP contribution in [-0.2, 0) is 0 Å². The molecule has 0 aliphatic heterocycles. The molecule has 1 unspecified atom stereocenters. The Morgan fingerprint density at radius 1 is 1.00 bits per heavy atom. The van der Waals surface area contributed by atoms with E-state index < -0.39 is 23.6 Å². The van der Waals surface area contributed by atoms with Crippen molar-refractivity contribution in [1.29, 1.82) is 0 Å². The van der Waals surface area contributed by atoms with Crippen LogP contribution < -0.4 is 4.74 Å². The second-order valence-corrected chi connectivity index (χ2v) is 4.49. The average Bonchev–Trinajstić information content (AvgIpc) is 2.36. The van der Waals surface area contributed by atoms with Gasteiger partial charge in [0.2, 0.25) is 0 Å². The van der Waals surface area contributed by atoms with Crippen molar-refractivity contribution in [2.24, 2.45) is 0 Å². The van der Waals surface area contributed by atoms with Crippen molar-refractivity contribution in [3.63, 3.8) is 0 Å². The van der Waals surface area contributed by atoms with Crippen molar-refractivity contribution in [1.82, 2.24) is 0 Å². The van der Waals surface area contributed by atoms with Gasteiger partial charge in [-0.05, 0) is 43.7 Å². The first-order valence-electron chi connectivity index (χ1n) is 5.99. The molecule has 2 aromatic rings. The summed E-state index contributed by atoms with van der Waals surface area (Å²) in [6, 6.07) is 5.37. The molecular formula is C15H13F3O2. The van der Waals surface area contributed by atoms with Gasteiger partial charge in [0.15, 0.2) is 11.6 Å². The number of hydrogen-bond acceptors (Lipinski definition) is 2. The van der Waals surface area contributed by atoms with Crippen molar-refractivity contribution in [3.05, 3.63) is 58.9 Å². The molecule has 0 fully saturated rings. The zero-order chi connectivity index (χ0) is 14.9. The van der Waals surface area contributed by atoms with Crippen LogP contribution in [0.3, 0.4) is 0 Å². The highest BCUT2D eigenvalue weighted by Crippen LogP contribution is 2.33. The number of aryl methyl sites for hydroxylation is 1. The number of benzene rings is 2. The molecular weight excluding hydrogens is 269 g/mol. The van der Waals surface area contributed by atoms with Crippen LogP contribution in [0.1, 0.15) is 24.2 Å². The minimum Gasteiger partial charge on any atom is -0.454 e. The van der Waals surface area contributed by atoms with Gasteiger partial charge in [-0.15, -0.1) is 0 Å². The van der Waals surface area contributed by atoms with Crippen molar-refractivity contribution in [2.75, 3.05) is 0 Å². The number of rotatable bonds is 3. The Hall–Kier alpha value is -2.01. The summed E-state index contributed by atoms with van der Waals surface area (Å²) in [5, 5.41) is 9.61. The topological polar surface area (TPSA) is 29.5 Å². The van der Waals surface area contributed by atoms with E-state index in [-0.39, 0.29) is 17.1 Å². The van der Waals surface area contributed by atoms with Crippen molar-refractivity contribution >= 4 is 0 Å². The van der Waals surface area contributed by atoms with E-state index >= 15 is 0 Å². The molecule has 1 atom stereocenters. The van der Waals surface area contributed by atoms with Gasteiger partial charge < -0.3 is 9.84 Å². The summed E-state index contributed by atoms with van der Waals surface area (Å²) >= 11 is 0. The number of hydrogen-bond donors (Lipinski definition) is 1. The van der Waals surface area contributed by atoms with E-state index in [0.29, 0.717) is 11.6 Å². The molecule has 1 N–H and O–H groups in total. The second kappa shape index (κ2) is 5.54. The summed E-state index contributed by atoms with van der Waals surface area (Å²) in [7, 11) is 0. The molecule has 0 amide bonds. The average molecular weight is 282 g/mol. The van der Waals surface area contributed by atoms with E-state index in [1.54, 1.807) is 0 Å². The van der Waals surface area contributed by atoms with Crippen molar-refractivity contribution in [2.45, 2.75) is 20.0 Å². The Balaban J connectivity index is 2.44. The smallest absolute Gasteiger partial charge is 0.168 e. The molecule has 0 aliphatic rings. The van der Waals surface area contributed by atoms with E-state index in [2.05, 4.69) is 0 Å². The highest BCUT2D eigenvalue weighted by Gasteiger charge is 2.15. The molecule has 0 aliphatic carbocycles. The van der Waals surface area contributed by atoms with Gasteiger partial charge >= 0.3 is 0 Å². The zero-order valence-corrected chi connectivity index (χ0v) is 11.0. The first-order valence-corrected chi connectivity index (χ1v) is 5.99. The number of halogens is 3. The Bertz CT molecular complexity index is 639. The maximum Gasteiger partial charge on any atom is 0.168 e. The number of ether oxygens (including phenoxy) is 1. The molecule has 0 bridgehead atoms. The van der Waals surface area contributed by atoms with E-state index in [1.165, 1.54) is 19.9 Å². The van der Waals surface area contributed by atoms with Gasteiger partial charge in [0.25, 0.3) is 0 Å². The standard InChI is InChI=1S/C15H13F3O2/c1-8-5-15(11(9(2)19)7-12(8)17)20-14-4-3-10(16)6-13(14)18/h3-7,9,19H,1-2H3. The third-order valence-corrected chi connectivity index (χ3v) is 2.85. The maximum atomic E-state index is 13.5. The fourth-order valence-corrected chi connectivity index (χ4v) is 1.76. The van der Waals surface area contributed by atoms with Gasteiger partial charge in [0, 0.05) is 11.6 Å². The lowest BCUT2D eigenvalue weighted by Crippen LogP contribution is -2.00. The first kappa shape index (κ1) is 14.4. The van der Waals surface area contributed by atoms with Crippen LogP contribution in [0.15, 0.2) is 30.3 Å². The normalized spacial score (nSPS) is 12.3. The molecule has 20 heavy (non-hydrogen) atoms. The highest BCUT2D eigenvalue weighted by molar-refractivity contribution is 5.42. The number of aliphatic hydroxyl groups excluding tert-OH is 1. The summed E-state index contributed by atoms with van der Waals surface area (Å²) in [5.74, 6) is -2.15. The molecule has 2 rings (SSSR count). The van der Waals surface area contributed by atoms with E-state index in [1.807, 2.05) is 0 Å². The monoisotopic (exact) mass is 282 g/mol. The minimum atomic E-state index is -0.983. The Morgan fingerprint density at radius 2 is 1.70 bits per heavy atom. The van der Waals surface area contributed by atoms with Gasteiger partial charge in [-0.3, -0.25) is 0 Å². The van der Waals surface area contributed by atoms with E-state index in [4.69, 9.17) is 4.74 Å². The van der Waals surface area contributed by atoms with Gasteiger partial charge in [-0.1, -0.05) is 0 Å². The third kappa shape index (κ3) is 2.93. The van der Waals surface area contributed by atoms with Gasteiger partial charge in [0.1, 0.15) is 17.4 Å². The lowest BCUT2D eigenvalue weighted by atomic mass is 10.1. The Morgan fingerprint density at radius 3 is 2.30 bits per heavy atom. The van der Waals surface area contributed by atoms with Crippen LogP contribution in [0.2, 0.25) is 0 Å². The largest absolute Gasteiger partial charge is 0.454 e. The third-order valence-electron chi connectivity index (χ3n) is 2.85. The zero-order valence-electron chi connectivity index (χ0n) is 11.0.